The molecule has 5 heteroatoms. The summed E-state index contributed by atoms with van der Waals surface area (Å²) in [7, 11) is 1.60. The van der Waals surface area contributed by atoms with Gasteiger partial charge < -0.3 is 21.0 Å². The molecule has 0 aromatic rings. The molecular formula is C8H16N2O3. The monoisotopic (exact) mass is 188 g/mol. The number of carbonyl (C=O) groups is 2. The summed E-state index contributed by atoms with van der Waals surface area (Å²) in [5.41, 5.74) is 5.34. The zero-order valence-electron chi connectivity index (χ0n) is 7.69. The van der Waals surface area contributed by atoms with E-state index in [1.807, 2.05) is 0 Å². The molecule has 0 fully saturated rings. The van der Waals surface area contributed by atoms with E-state index in [9.17, 15) is 9.59 Å². The molecule has 0 radical (unpaired) electrons. The van der Waals surface area contributed by atoms with Gasteiger partial charge in [0.25, 0.3) is 0 Å². The summed E-state index contributed by atoms with van der Waals surface area (Å²) in [5, 5.41) is 11.3. The smallest absolute Gasteiger partial charge is 0.320 e. The van der Waals surface area contributed by atoms with Crippen molar-refractivity contribution in [3.8, 4) is 0 Å². The van der Waals surface area contributed by atoms with Gasteiger partial charge in [0.1, 0.15) is 12.3 Å². The van der Waals surface area contributed by atoms with E-state index in [2.05, 4.69) is 5.32 Å². The molecule has 13 heavy (non-hydrogen) atoms. The molecule has 0 aliphatic carbocycles. The fraction of sp³-hybridized carbons (Fsp3) is 0.750. The predicted molar refractivity (Wildman–Crippen MR) is 48.4 cm³/mol. The van der Waals surface area contributed by atoms with Crippen LogP contribution in [0.1, 0.15) is 19.3 Å². The summed E-state index contributed by atoms with van der Waals surface area (Å²) in [6, 6.07) is -1.01. The molecule has 0 saturated heterocycles. The highest BCUT2D eigenvalue weighted by atomic mass is 16.4. The fourth-order valence-corrected chi connectivity index (χ4v) is 1.02. The molecule has 0 bridgehead atoms. The first-order valence-electron chi connectivity index (χ1n) is 4.22. The van der Waals surface area contributed by atoms with Crippen LogP contribution in [0.5, 0.6) is 0 Å². The topological polar surface area (TPSA) is 92.4 Å². The number of hydrogen-bond donors (Lipinski definition) is 3. The molecule has 5 nitrogen and oxygen atoms in total. The van der Waals surface area contributed by atoms with Crippen LogP contribution in [0.15, 0.2) is 0 Å². The molecule has 4 N–H and O–H groups in total. The van der Waals surface area contributed by atoms with Crippen LogP contribution in [0.2, 0.25) is 0 Å². The Hall–Kier alpha value is -0.940. The zero-order valence-corrected chi connectivity index (χ0v) is 7.69. The van der Waals surface area contributed by atoms with Gasteiger partial charge in [-0.1, -0.05) is 0 Å². The number of carbonyl (C=O) groups excluding carboxylic acids is 1. The summed E-state index contributed by atoms with van der Waals surface area (Å²) in [6.07, 6.45) is 2.34. The average Bonchev–Trinajstić information content (AvgIpc) is 2.11. The number of nitrogens with one attached hydrogen (secondary N) is 1. The molecule has 0 aliphatic rings. The number of aliphatic carboxylic acids is 1. The van der Waals surface area contributed by atoms with Gasteiger partial charge in [-0.15, -0.1) is 0 Å². The van der Waals surface area contributed by atoms with Crippen molar-refractivity contribution in [2.24, 2.45) is 5.73 Å². The van der Waals surface area contributed by atoms with Crippen LogP contribution in [0.3, 0.4) is 0 Å². The van der Waals surface area contributed by atoms with E-state index in [0.29, 0.717) is 25.5 Å². The third-order valence-corrected chi connectivity index (χ3v) is 1.85. The first kappa shape index (κ1) is 12.1. The number of aldehydes is 1. The van der Waals surface area contributed by atoms with Crippen molar-refractivity contribution in [2.45, 2.75) is 31.3 Å². The highest BCUT2D eigenvalue weighted by Crippen LogP contribution is 2.02. The lowest BCUT2D eigenvalue weighted by Gasteiger charge is -2.10. The van der Waals surface area contributed by atoms with Gasteiger partial charge in [0.05, 0.1) is 6.04 Å². The number of likely N-dealkylation sites (N-methyl/N-ethyl adjacent to an activating group) is 1. The number of carboxylic acids is 1. The molecule has 0 aromatic heterocycles. The van der Waals surface area contributed by atoms with Crippen molar-refractivity contribution in [2.75, 3.05) is 7.05 Å². The maximum absolute atomic E-state index is 10.5. The van der Waals surface area contributed by atoms with E-state index in [1.54, 1.807) is 7.05 Å². The van der Waals surface area contributed by atoms with Crippen molar-refractivity contribution < 1.29 is 14.7 Å². The maximum atomic E-state index is 10.5. The first-order valence-corrected chi connectivity index (χ1v) is 4.22. The lowest BCUT2D eigenvalue weighted by atomic mass is 10.1. The van der Waals surface area contributed by atoms with E-state index in [0.717, 1.165) is 0 Å². The molecular weight excluding hydrogens is 172 g/mol. The summed E-state index contributed by atoms with van der Waals surface area (Å²) < 4.78 is 0. The van der Waals surface area contributed by atoms with E-state index in [-0.39, 0.29) is 0 Å². The standard InChI is InChI=1S/C8H16N2O3/c1-10-7(8(12)13)4-2-3-6(9)5-11/h5-7,10H,2-4,9H2,1H3,(H,12,13)/t6?,7-/m0/s1. The quantitative estimate of drug-likeness (QED) is 0.462. The Morgan fingerprint density at radius 1 is 1.62 bits per heavy atom. The van der Waals surface area contributed by atoms with Gasteiger partial charge in [-0.2, -0.15) is 0 Å². The lowest BCUT2D eigenvalue weighted by molar-refractivity contribution is -0.139. The molecule has 0 spiro atoms. The van der Waals surface area contributed by atoms with E-state index < -0.39 is 18.1 Å². The summed E-state index contributed by atoms with van der Waals surface area (Å²) >= 11 is 0. The SMILES string of the molecule is CN[C@@H](CCCC(N)C=O)C(=O)O. The minimum absolute atomic E-state index is 0.466. The van der Waals surface area contributed by atoms with Gasteiger partial charge in [0, 0.05) is 0 Å². The van der Waals surface area contributed by atoms with Crippen LogP contribution in [0.25, 0.3) is 0 Å². The Balaban J connectivity index is 3.61. The Bertz CT molecular complexity index is 173. The van der Waals surface area contributed by atoms with Gasteiger partial charge in [-0.05, 0) is 26.3 Å². The van der Waals surface area contributed by atoms with Crippen LogP contribution < -0.4 is 11.1 Å². The second-order valence-electron chi connectivity index (χ2n) is 2.91. The van der Waals surface area contributed by atoms with Gasteiger partial charge in [0.15, 0.2) is 0 Å². The largest absolute Gasteiger partial charge is 0.480 e. The number of hydrogen-bond acceptors (Lipinski definition) is 4. The Labute approximate surface area is 77.3 Å². The van der Waals surface area contributed by atoms with Crippen molar-refractivity contribution in [1.29, 1.82) is 0 Å². The van der Waals surface area contributed by atoms with Crippen LogP contribution in [0, 0.1) is 0 Å². The summed E-state index contributed by atoms with van der Waals surface area (Å²) in [4.78, 5) is 20.6. The van der Waals surface area contributed by atoms with Gasteiger partial charge in [0.2, 0.25) is 0 Å². The molecule has 2 atom stereocenters. The Kier molecular flexibility index (Phi) is 6.09. The molecule has 1 unspecified atom stereocenters. The minimum atomic E-state index is -0.873. The molecule has 0 saturated carbocycles. The van der Waals surface area contributed by atoms with Gasteiger partial charge in [-0.3, -0.25) is 4.79 Å². The number of nitrogens with two attached hydrogens (primary N) is 1. The predicted octanol–water partition coefficient (Wildman–Crippen LogP) is -0.644. The minimum Gasteiger partial charge on any atom is -0.480 e. The Morgan fingerprint density at radius 2 is 2.23 bits per heavy atom. The molecule has 0 rings (SSSR count). The van der Waals surface area contributed by atoms with E-state index in [4.69, 9.17) is 10.8 Å². The highest BCUT2D eigenvalue weighted by Gasteiger charge is 2.14. The summed E-state index contributed by atoms with van der Waals surface area (Å²) in [5.74, 6) is -0.873. The van der Waals surface area contributed by atoms with Crippen molar-refractivity contribution in [1.82, 2.24) is 5.32 Å². The lowest BCUT2D eigenvalue weighted by Crippen LogP contribution is -2.34. The van der Waals surface area contributed by atoms with Gasteiger partial charge in [-0.25, -0.2) is 0 Å². The van der Waals surface area contributed by atoms with Crippen LogP contribution >= 0.6 is 0 Å². The van der Waals surface area contributed by atoms with Crippen molar-refractivity contribution in [3.05, 3.63) is 0 Å². The molecule has 0 heterocycles. The normalized spacial score (nSPS) is 14.9. The number of carboxylic acid groups (broad SMARTS) is 1. The Morgan fingerprint density at radius 3 is 2.62 bits per heavy atom. The maximum Gasteiger partial charge on any atom is 0.320 e. The third kappa shape index (κ3) is 5.32. The fourth-order valence-electron chi connectivity index (χ4n) is 1.02. The van der Waals surface area contributed by atoms with Crippen molar-refractivity contribution >= 4 is 12.3 Å². The molecule has 0 aromatic carbocycles. The molecule has 76 valence electrons. The molecule has 0 amide bonds. The average molecular weight is 188 g/mol. The van der Waals surface area contributed by atoms with E-state index in [1.165, 1.54) is 0 Å². The van der Waals surface area contributed by atoms with E-state index >= 15 is 0 Å². The number of rotatable bonds is 7. The van der Waals surface area contributed by atoms with Crippen LogP contribution in [-0.4, -0.2) is 36.5 Å². The third-order valence-electron chi connectivity index (χ3n) is 1.85. The first-order chi connectivity index (χ1) is 6.11. The van der Waals surface area contributed by atoms with Gasteiger partial charge >= 0.3 is 5.97 Å². The second kappa shape index (κ2) is 6.56. The second-order valence-corrected chi connectivity index (χ2v) is 2.91. The van der Waals surface area contributed by atoms with Crippen molar-refractivity contribution in [3.63, 3.8) is 0 Å². The summed E-state index contributed by atoms with van der Waals surface area (Å²) in [6.45, 7) is 0. The van der Waals surface area contributed by atoms with Crippen LogP contribution in [-0.2, 0) is 9.59 Å². The molecule has 0 aliphatic heterocycles. The zero-order chi connectivity index (χ0) is 10.3. The highest BCUT2D eigenvalue weighted by molar-refractivity contribution is 5.73. The van der Waals surface area contributed by atoms with Crippen LogP contribution in [0.4, 0.5) is 0 Å².